The number of carbonyl (C=O) groups excluding carboxylic acids is 1. The van der Waals surface area contributed by atoms with E-state index in [4.69, 9.17) is 0 Å². The lowest BCUT2D eigenvalue weighted by atomic mass is 10.0. The summed E-state index contributed by atoms with van der Waals surface area (Å²) < 4.78 is 13.2. The Morgan fingerprint density at radius 2 is 1.75 bits per heavy atom. The van der Waals surface area contributed by atoms with E-state index in [1.165, 1.54) is 12.1 Å². The molecule has 1 amide bonds. The maximum absolute atomic E-state index is 13.2. The molecule has 1 heterocycles. The zero-order valence-corrected chi connectivity index (χ0v) is 13.8. The smallest absolute Gasteiger partial charge is 0.255 e. The molecule has 0 aliphatic carbocycles. The summed E-state index contributed by atoms with van der Waals surface area (Å²) >= 11 is 1.72. The molecule has 0 aromatic heterocycles. The zero-order valence-electron chi connectivity index (χ0n) is 13.0. The van der Waals surface area contributed by atoms with Gasteiger partial charge in [-0.3, -0.25) is 4.79 Å². The fourth-order valence-corrected chi connectivity index (χ4v) is 4.40. The Morgan fingerprint density at radius 3 is 2.58 bits per heavy atom. The molecule has 2 nitrogen and oxygen atoms in total. The van der Waals surface area contributed by atoms with Crippen LogP contribution in [0.4, 0.5) is 4.39 Å². The third kappa shape index (κ3) is 2.67. The molecule has 3 aromatic carbocycles. The molecule has 1 aliphatic rings. The molecule has 3 aromatic rings. The van der Waals surface area contributed by atoms with E-state index in [2.05, 4.69) is 0 Å². The van der Waals surface area contributed by atoms with Gasteiger partial charge in [-0.2, -0.15) is 0 Å². The number of benzene rings is 3. The van der Waals surface area contributed by atoms with Crippen LogP contribution in [0, 0.1) is 5.82 Å². The van der Waals surface area contributed by atoms with Gasteiger partial charge in [0.15, 0.2) is 0 Å². The van der Waals surface area contributed by atoms with E-state index >= 15 is 0 Å². The van der Waals surface area contributed by atoms with Crippen molar-refractivity contribution < 1.29 is 9.18 Å². The maximum atomic E-state index is 13.2. The Kier molecular flexibility index (Phi) is 3.98. The van der Waals surface area contributed by atoms with Crippen LogP contribution in [-0.4, -0.2) is 23.1 Å². The number of carbonyl (C=O) groups is 1. The van der Waals surface area contributed by atoms with Gasteiger partial charge in [0, 0.05) is 17.9 Å². The Balaban J connectivity index is 1.71. The van der Waals surface area contributed by atoms with E-state index in [1.54, 1.807) is 23.9 Å². The minimum atomic E-state index is -0.256. The normalized spacial score (nSPS) is 17.4. The molecule has 1 fully saturated rings. The van der Waals surface area contributed by atoms with Gasteiger partial charge in [-0.15, -0.1) is 11.8 Å². The van der Waals surface area contributed by atoms with Crippen molar-refractivity contribution in [2.24, 2.45) is 0 Å². The van der Waals surface area contributed by atoms with Crippen molar-refractivity contribution in [3.8, 4) is 0 Å². The van der Waals surface area contributed by atoms with Crippen LogP contribution in [0.5, 0.6) is 0 Å². The third-order valence-electron chi connectivity index (χ3n) is 4.33. The van der Waals surface area contributed by atoms with Crippen LogP contribution in [0.1, 0.15) is 21.3 Å². The van der Waals surface area contributed by atoms with Crippen LogP contribution in [0.15, 0.2) is 66.7 Å². The average molecular weight is 337 g/mol. The zero-order chi connectivity index (χ0) is 16.5. The molecule has 1 atom stereocenters. The Morgan fingerprint density at radius 1 is 1.00 bits per heavy atom. The maximum Gasteiger partial charge on any atom is 0.255 e. The minimum absolute atomic E-state index is 0.0334. The Labute approximate surface area is 144 Å². The Hall–Kier alpha value is -2.33. The molecule has 4 rings (SSSR count). The van der Waals surface area contributed by atoms with Crippen molar-refractivity contribution in [2.75, 3.05) is 12.3 Å². The molecule has 1 saturated heterocycles. The summed E-state index contributed by atoms with van der Waals surface area (Å²) in [6.07, 6.45) is 0. The quantitative estimate of drug-likeness (QED) is 0.665. The van der Waals surface area contributed by atoms with Gasteiger partial charge >= 0.3 is 0 Å². The van der Waals surface area contributed by atoms with Gasteiger partial charge in [-0.05, 0) is 34.5 Å². The van der Waals surface area contributed by atoms with Crippen molar-refractivity contribution in [1.29, 1.82) is 0 Å². The standard InChI is InChI=1S/C20H16FNOS/c21-16-10-8-15(9-11-16)20-22(12-13-24-20)19(23)18-7-3-5-14-4-1-2-6-17(14)18/h1-11,20H,12-13H2/t20-/m1/s1. The number of fused-ring (bicyclic) bond motifs is 1. The summed E-state index contributed by atoms with van der Waals surface area (Å²) in [6.45, 7) is 0.703. The molecule has 120 valence electrons. The second-order valence-electron chi connectivity index (χ2n) is 5.80. The lowest BCUT2D eigenvalue weighted by Crippen LogP contribution is -2.30. The van der Waals surface area contributed by atoms with Crippen molar-refractivity contribution in [1.82, 2.24) is 4.90 Å². The molecule has 4 heteroatoms. The lowest BCUT2D eigenvalue weighted by molar-refractivity contribution is 0.0762. The molecule has 0 saturated carbocycles. The summed E-state index contributed by atoms with van der Waals surface area (Å²) in [5.74, 6) is 0.665. The second kappa shape index (κ2) is 6.29. The van der Waals surface area contributed by atoms with Crippen LogP contribution in [0.2, 0.25) is 0 Å². The summed E-state index contributed by atoms with van der Waals surface area (Å²) in [5, 5.41) is 1.98. The number of thioether (sulfide) groups is 1. The van der Waals surface area contributed by atoms with Crippen LogP contribution >= 0.6 is 11.8 Å². The first-order valence-electron chi connectivity index (χ1n) is 7.90. The van der Waals surface area contributed by atoms with Gasteiger partial charge in [-0.1, -0.05) is 48.5 Å². The number of amides is 1. The van der Waals surface area contributed by atoms with Crippen molar-refractivity contribution in [3.63, 3.8) is 0 Å². The molecular formula is C20H16FNOS. The van der Waals surface area contributed by atoms with Crippen LogP contribution in [0.25, 0.3) is 10.8 Å². The summed E-state index contributed by atoms with van der Waals surface area (Å²) in [6, 6.07) is 20.2. The SMILES string of the molecule is O=C(c1cccc2ccccc12)N1CCS[C@@H]1c1ccc(F)cc1. The molecular weight excluding hydrogens is 321 g/mol. The fourth-order valence-electron chi connectivity index (χ4n) is 3.15. The first-order chi connectivity index (χ1) is 11.7. The van der Waals surface area contributed by atoms with Gasteiger partial charge in [-0.25, -0.2) is 4.39 Å². The van der Waals surface area contributed by atoms with E-state index in [0.717, 1.165) is 27.7 Å². The number of hydrogen-bond donors (Lipinski definition) is 0. The van der Waals surface area contributed by atoms with E-state index in [1.807, 2.05) is 47.4 Å². The van der Waals surface area contributed by atoms with Gasteiger partial charge in [0.25, 0.3) is 5.91 Å². The highest BCUT2D eigenvalue weighted by molar-refractivity contribution is 7.99. The van der Waals surface area contributed by atoms with E-state index < -0.39 is 0 Å². The van der Waals surface area contributed by atoms with Gasteiger partial charge < -0.3 is 4.90 Å². The first kappa shape index (κ1) is 15.2. The molecule has 24 heavy (non-hydrogen) atoms. The van der Waals surface area contributed by atoms with Crippen molar-refractivity contribution >= 4 is 28.4 Å². The van der Waals surface area contributed by atoms with E-state index in [0.29, 0.717) is 6.54 Å². The lowest BCUT2D eigenvalue weighted by Gasteiger charge is -2.24. The molecule has 0 N–H and O–H groups in total. The van der Waals surface area contributed by atoms with Crippen molar-refractivity contribution in [2.45, 2.75) is 5.37 Å². The third-order valence-corrected chi connectivity index (χ3v) is 5.59. The van der Waals surface area contributed by atoms with Crippen LogP contribution in [0.3, 0.4) is 0 Å². The average Bonchev–Trinajstić information content (AvgIpc) is 3.11. The molecule has 0 spiro atoms. The Bertz CT molecular complexity index is 888. The molecule has 1 aliphatic heterocycles. The van der Waals surface area contributed by atoms with Gasteiger partial charge in [0.1, 0.15) is 11.2 Å². The highest BCUT2D eigenvalue weighted by Gasteiger charge is 2.31. The van der Waals surface area contributed by atoms with Crippen LogP contribution in [-0.2, 0) is 0 Å². The predicted octanol–water partition coefficient (Wildman–Crippen LogP) is 4.87. The van der Waals surface area contributed by atoms with Gasteiger partial charge in [0.2, 0.25) is 0 Å². The first-order valence-corrected chi connectivity index (χ1v) is 8.95. The van der Waals surface area contributed by atoms with E-state index in [-0.39, 0.29) is 17.1 Å². The highest BCUT2D eigenvalue weighted by atomic mass is 32.2. The monoisotopic (exact) mass is 337 g/mol. The van der Waals surface area contributed by atoms with Gasteiger partial charge in [0.05, 0.1) is 0 Å². The largest absolute Gasteiger partial charge is 0.322 e. The number of rotatable bonds is 2. The van der Waals surface area contributed by atoms with Crippen molar-refractivity contribution in [3.05, 3.63) is 83.7 Å². The summed E-state index contributed by atoms with van der Waals surface area (Å²) in [7, 11) is 0. The summed E-state index contributed by atoms with van der Waals surface area (Å²) in [4.78, 5) is 15.0. The molecule has 0 bridgehead atoms. The number of halogens is 1. The number of hydrogen-bond acceptors (Lipinski definition) is 2. The highest BCUT2D eigenvalue weighted by Crippen LogP contribution is 2.39. The molecule has 0 unspecified atom stereocenters. The summed E-state index contributed by atoms with van der Waals surface area (Å²) in [5.41, 5.74) is 1.69. The van der Waals surface area contributed by atoms with Crippen LogP contribution < -0.4 is 0 Å². The number of nitrogens with zero attached hydrogens (tertiary/aromatic N) is 1. The topological polar surface area (TPSA) is 20.3 Å². The fraction of sp³-hybridized carbons (Fsp3) is 0.150. The van der Waals surface area contributed by atoms with E-state index in [9.17, 15) is 9.18 Å². The second-order valence-corrected chi connectivity index (χ2v) is 6.99. The minimum Gasteiger partial charge on any atom is -0.322 e. The predicted molar refractivity (Wildman–Crippen MR) is 96.6 cm³/mol. The molecule has 0 radical (unpaired) electrons.